The monoisotopic (exact) mass is 357 g/mol. The van der Waals surface area contributed by atoms with E-state index in [1.165, 1.54) is 18.2 Å². The van der Waals surface area contributed by atoms with Gasteiger partial charge in [0.05, 0.1) is 23.0 Å². The lowest BCUT2D eigenvalue weighted by Gasteiger charge is -2.11. The molecule has 5 nitrogen and oxygen atoms in total. The summed E-state index contributed by atoms with van der Waals surface area (Å²) in [6.45, 7) is 2.87. The van der Waals surface area contributed by atoms with Gasteiger partial charge < -0.3 is 10.1 Å². The van der Waals surface area contributed by atoms with Gasteiger partial charge in [0.1, 0.15) is 5.75 Å². The van der Waals surface area contributed by atoms with Crippen LogP contribution in [0.1, 0.15) is 23.4 Å². The molecule has 8 heteroatoms. The number of carbonyl (C=O) groups is 1. The number of aromatic nitrogens is 2. The van der Waals surface area contributed by atoms with Crippen LogP contribution in [-0.4, -0.2) is 22.3 Å². The van der Waals surface area contributed by atoms with Crippen LogP contribution in [0.4, 0.5) is 14.5 Å². The van der Waals surface area contributed by atoms with E-state index in [9.17, 15) is 13.6 Å². The molecular weight excluding hydrogens is 340 g/mol. The first kappa shape index (κ1) is 18.2. The highest BCUT2D eigenvalue weighted by Crippen LogP contribution is 2.23. The summed E-state index contributed by atoms with van der Waals surface area (Å²) in [7, 11) is 0. The third-order valence-corrected chi connectivity index (χ3v) is 4.09. The van der Waals surface area contributed by atoms with Crippen LogP contribution in [0.2, 0.25) is 5.02 Å². The summed E-state index contributed by atoms with van der Waals surface area (Å²) in [5, 5.41) is 7.61. The Labute approximate surface area is 143 Å². The Kier molecular flexibility index (Phi) is 5.77. The van der Waals surface area contributed by atoms with Gasteiger partial charge in [-0.25, -0.2) is 0 Å². The first-order valence-corrected chi connectivity index (χ1v) is 7.70. The van der Waals surface area contributed by atoms with Crippen molar-refractivity contribution in [1.29, 1.82) is 0 Å². The van der Waals surface area contributed by atoms with Crippen molar-refractivity contribution >= 4 is 23.2 Å². The molecule has 0 saturated carbocycles. The molecule has 2 rings (SSSR count). The van der Waals surface area contributed by atoms with E-state index in [-0.39, 0.29) is 18.1 Å². The third-order valence-electron chi connectivity index (χ3n) is 3.54. The van der Waals surface area contributed by atoms with Gasteiger partial charge >= 0.3 is 6.61 Å². The summed E-state index contributed by atoms with van der Waals surface area (Å²) >= 11 is 6.07. The highest BCUT2D eigenvalue weighted by Gasteiger charge is 2.12. The normalized spacial score (nSPS) is 11.0. The minimum absolute atomic E-state index is 0.0535. The van der Waals surface area contributed by atoms with Crippen molar-refractivity contribution in [3.63, 3.8) is 0 Å². The zero-order valence-electron chi connectivity index (χ0n) is 13.6. The average Bonchev–Trinajstić information content (AvgIpc) is 2.74. The topological polar surface area (TPSA) is 56.1 Å². The minimum atomic E-state index is -2.88. The largest absolute Gasteiger partial charge is 0.435 e. The van der Waals surface area contributed by atoms with Gasteiger partial charge in [0.25, 0.3) is 0 Å². The fraction of sp³-hybridized carbons (Fsp3) is 0.375. The van der Waals surface area contributed by atoms with Crippen LogP contribution < -0.4 is 10.1 Å². The van der Waals surface area contributed by atoms with E-state index in [1.807, 2.05) is 6.92 Å². The maximum Gasteiger partial charge on any atom is 0.387 e. The van der Waals surface area contributed by atoms with Gasteiger partial charge in [-0.15, -0.1) is 0 Å². The second kappa shape index (κ2) is 7.61. The SMILES string of the molecule is Cc1cc(OC(F)F)ccc1NC(=O)CCn1nc(C)c(Cl)c1C. The van der Waals surface area contributed by atoms with E-state index in [2.05, 4.69) is 15.2 Å². The first-order chi connectivity index (χ1) is 11.3. The average molecular weight is 358 g/mol. The molecule has 24 heavy (non-hydrogen) atoms. The van der Waals surface area contributed by atoms with E-state index < -0.39 is 6.61 Å². The van der Waals surface area contributed by atoms with E-state index in [4.69, 9.17) is 11.6 Å². The Hall–Kier alpha value is -2.15. The molecule has 1 aromatic heterocycles. The molecule has 0 bridgehead atoms. The Morgan fingerprint density at radius 3 is 2.62 bits per heavy atom. The molecule has 0 saturated heterocycles. The van der Waals surface area contributed by atoms with Crippen molar-refractivity contribution in [2.45, 2.75) is 40.3 Å². The summed E-state index contributed by atoms with van der Waals surface area (Å²) in [4.78, 5) is 12.1. The summed E-state index contributed by atoms with van der Waals surface area (Å²) in [6, 6.07) is 4.36. The molecule has 1 N–H and O–H groups in total. The molecule has 0 aliphatic heterocycles. The number of nitrogens with zero attached hydrogens (tertiary/aromatic N) is 2. The van der Waals surface area contributed by atoms with Gasteiger partial charge in [0, 0.05) is 12.1 Å². The van der Waals surface area contributed by atoms with E-state index in [0.29, 0.717) is 22.8 Å². The van der Waals surface area contributed by atoms with Crippen LogP contribution in [0.25, 0.3) is 0 Å². The van der Waals surface area contributed by atoms with E-state index in [1.54, 1.807) is 18.5 Å². The lowest BCUT2D eigenvalue weighted by atomic mass is 10.2. The standard InChI is InChI=1S/C16H18ClF2N3O2/c1-9-8-12(24-16(18)19)4-5-13(9)20-14(23)6-7-22-11(3)15(17)10(2)21-22/h4-5,8,16H,6-7H2,1-3H3,(H,20,23). The van der Waals surface area contributed by atoms with Gasteiger partial charge in [-0.2, -0.15) is 13.9 Å². The van der Waals surface area contributed by atoms with Crippen molar-refractivity contribution in [1.82, 2.24) is 9.78 Å². The van der Waals surface area contributed by atoms with Crippen LogP contribution in [0.5, 0.6) is 5.75 Å². The molecule has 1 heterocycles. The fourth-order valence-electron chi connectivity index (χ4n) is 2.27. The third kappa shape index (κ3) is 4.44. The van der Waals surface area contributed by atoms with Crippen molar-refractivity contribution in [2.75, 3.05) is 5.32 Å². The molecule has 1 aromatic carbocycles. The number of hydrogen-bond donors (Lipinski definition) is 1. The molecule has 0 unspecified atom stereocenters. The lowest BCUT2D eigenvalue weighted by Crippen LogP contribution is -2.16. The second-order valence-corrected chi connectivity index (χ2v) is 5.74. The molecule has 0 fully saturated rings. The van der Waals surface area contributed by atoms with Gasteiger partial charge in [-0.3, -0.25) is 9.48 Å². The molecule has 0 radical (unpaired) electrons. The number of rotatable bonds is 6. The number of halogens is 3. The number of ether oxygens (including phenoxy) is 1. The van der Waals surface area contributed by atoms with E-state index in [0.717, 1.165) is 11.4 Å². The lowest BCUT2D eigenvalue weighted by molar-refractivity contribution is -0.116. The predicted molar refractivity (Wildman–Crippen MR) is 87.8 cm³/mol. The van der Waals surface area contributed by atoms with E-state index >= 15 is 0 Å². The smallest absolute Gasteiger partial charge is 0.387 e. The minimum Gasteiger partial charge on any atom is -0.435 e. The molecule has 0 aliphatic rings. The molecule has 0 atom stereocenters. The maximum absolute atomic E-state index is 12.2. The molecule has 0 aliphatic carbocycles. The Balaban J connectivity index is 1.96. The highest BCUT2D eigenvalue weighted by molar-refractivity contribution is 6.31. The van der Waals surface area contributed by atoms with Gasteiger partial charge in [0.15, 0.2) is 0 Å². The maximum atomic E-state index is 12.2. The number of nitrogens with one attached hydrogen (secondary N) is 1. The quantitative estimate of drug-likeness (QED) is 0.847. The van der Waals surface area contributed by atoms with Crippen molar-refractivity contribution in [3.05, 3.63) is 40.2 Å². The summed E-state index contributed by atoms with van der Waals surface area (Å²) in [5.74, 6) is -0.151. The highest BCUT2D eigenvalue weighted by atomic mass is 35.5. The zero-order chi connectivity index (χ0) is 17.9. The van der Waals surface area contributed by atoms with Crippen molar-refractivity contribution in [2.24, 2.45) is 0 Å². The van der Waals surface area contributed by atoms with Crippen LogP contribution in [-0.2, 0) is 11.3 Å². The second-order valence-electron chi connectivity index (χ2n) is 5.36. The predicted octanol–water partition coefficient (Wildman–Crippen LogP) is 4.09. The van der Waals surface area contributed by atoms with Crippen molar-refractivity contribution < 1.29 is 18.3 Å². The van der Waals surface area contributed by atoms with Crippen LogP contribution in [0.3, 0.4) is 0 Å². The first-order valence-electron chi connectivity index (χ1n) is 7.32. The zero-order valence-corrected chi connectivity index (χ0v) is 14.3. The Bertz CT molecular complexity index is 747. The number of anilines is 1. The Morgan fingerprint density at radius 1 is 1.38 bits per heavy atom. The van der Waals surface area contributed by atoms with Gasteiger partial charge in [-0.05, 0) is 44.5 Å². The summed E-state index contributed by atoms with van der Waals surface area (Å²) < 4.78 is 30.4. The van der Waals surface area contributed by atoms with Crippen LogP contribution >= 0.6 is 11.6 Å². The van der Waals surface area contributed by atoms with Crippen LogP contribution in [0.15, 0.2) is 18.2 Å². The molecule has 130 valence electrons. The number of alkyl halides is 2. The number of aryl methyl sites for hydroxylation is 3. The summed E-state index contributed by atoms with van der Waals surface area (Å²) in [5.41, 5.74) is 2.72. The van der Waals surface area contributed by atoms with Crippen LogP contribution in [0, 0.1) is 20.8 Å². The molecular formula is C16H18ClF2N3O2. The summed E-state index contributed by atoms with van der Waals surface area (Å²) in [6.07, 6.45) is 0.215. The number of carbonyl (C=O) groups excluding carboxylic acids is 1. The van der Waals surface area contributed by atoms with Crippen molar-refractivity contribution in [3.8, 4) is 5.75 Å². The Morgan fingerprint density at radius 2 is 2.08 bits per heavy atom. The number of benzene rings is 1. The molecule has 0 spiro atoms. The fourth-order valence-corrected chi connectivity index (χ4v) is 2.40. The van der Waals surface area contributed by atoms with Gasteiger partial charge in [-0.1, -0.05) is 11.6 Å². The number of hydrogen-bond acceptors (Lipinski definition) is 3. The van der Waals surface area contributed by atoms with Gasteiger partial charge in [0.2, 0.25) is 5.91 Å². The molecule has 2 aromatic rings. The number of amides is 1. The molecule has 1 amide bonds.